The van der Waals surface area contributed by atoms with Crippen LogP contribution in [0.5, 0.6) is 0 Å². The fourth-order valence-electron chi connectivity index (χ4n) is 1.22. The van der Waals surface area contributed by atoms with E-state index in [0.717, 1.165) is 0 Å². The van der Waals surface area contributed by atoms with Gasteiger partial charge < -0.3 is 19.5 Å². The Morgan fingerprint density at radius 1 is 1.46 bits per heavy atom. The average molecular weight is 184 g/mol. The summed E-state index contributed by atoms with van der Waals surface area (Å²) in [5.41, 5.74) is -1.03. The molecule has 1 rings (SSSR count). The van der Waals surface area contributed by atoms with Crippen LogP contribution in [0.1, 0.15) is 6.42 Å². The van der Waals surface area contributed by atoms with Crippen LogP contribution < -0.4 is 0 Å². The highest BCUT2D eigenvalue weighted by atomic mass is 16.5. The molecule has 0 heterocycles. The second kappa shape index (κ2) is 3.96. The van der Waals surface area contributed by atoms with Crippen LogP contribution in [-0.4, -0.2) is 36.9 Å². The Morgan fingerprint density at radius 2 is 2.15 bits per heavy atom. The molecule has 4 nitrogen and oxygen atoms in total. The van der Waals surface area contributed by atoms with Gasteiger partial charge in [0.2, 0.25) is 0 Å². The Kier molecular flexibility index (Phi) is 3.14. The monoisotopic (exact) mass is 184 g/mol. The third kappa shape index (κ3) is 1.93. The van der Waals surface area contributed by atoms with Crippen molar-refractivity contribution >= 4 is 7.12 Å². The molecule has 0 spiro atoms. The van der Waals surface area contributed by atoms with Gasteiger partial charge in [-0.1, -0.05) is 6.08 Å². The van der Waals surface area contributed by atoms with E-state index in [2.05, 4.69) is 0 Å². The highest BCUT2D eigenvalue weighted by Crippen LogP contribution is 2.25. The molecule has 0 amide bonds. The van der Waals surface area contributed by atoms with Gasteiger partial charge in [-0.15, -0.1) is 0 Å². The zero-order chi connectivity index (χ0) is 9.90. The molecule has 0 aromatic heterocycles. The first-order valence-corrected chi connectivity index (χ1v) is 3.99. The molecule has 13 heavy (non-hydrogen) atoms. The molecule has 0 aromatic rings. The smallest absolute Gasteiger partial charge is 0.490 e. The lowest BCUT2D eigenvalue weighted by Crippen LogP contribution is -2.47. The topological polar surface area (TPSA) is 58.9 Å². The largest absolute Gasteiger partial charge is 0.497 e. The summed E-state index contributed by atoms with van der Waals surface area (Å²) in [4.78, 5) is 0. The summed E-state index contributed by atoms with van der Waals surface area (Å²) in [6.07, 6.45) is 5.40. The Bertz CT molecular complexity index is 236. The Hall–Kier alpha value is -0.775. The van der Waals surface area contributed by atoms with Gasteiger partial charge in [0.25, 0.3) is 0 Å². The Balaban J connectivity index is 2.77. The molecule has 1 aliphatic carbocycles. The van der Waals surface area contributed by atoms with Gasteiger partial charge in [-0.05, 0) is 12.2 Å². The molecule has 2 N–H and O–H groups in total. The van der Waals surface area contributed by atoms with Gasteiger partial charge in [0.15, 0.2) is 0 Å². The summed E-state index contributed by atoms with van der Waals surface area (Å²) in [5.74, 6) is 0.702. The molecular formula is C8H13BO4. The van der Waals surface area contributed by atoms with Gasteiger partial charge in [0.05, 0.1) is 7.11 Å². The van der Waals surface area contributed by atoms with Crippen LogP contribution in [0.2, 0.25) is 0 Å². The summed E-state index contributed by atoms with van der Waals surface area (Å²) in [5, 5.41) is 18.2. The molecule has 0 radical (unpaired) electrons. The van der Waals surface area contributed by atoms with Crippen LogP contribution >= 0.6 is 0 Å². The molecule has 1 unspecified atom stereocenters. The van der Waals surface area contributed by atoms with E-state index in [-0.39, 0.29) is 0 Å². The molecule has 0 aromatic carbocycles. The summed E-state index contributed by atoms with van der Waals surface area (Å²) in [7, 11) is 1.48. The predicted octanol–water partition coefficient (Wildman–Crippen LogP) is -0.126. The zero-order valence-corrected chi connectivity index (χ0v) is 7.73. The van der Waals surface area contributed by atoms with Gasteiger partial charge in [0, 0.05) is 13.5 Å². The number of hydrogen-bond donors (Lipinski definition) is 2. The van der Waals surface area contributed by atoms with Crippen molar-refractivity contribution in [1.82, 2.24) is 0 Å². The van der Waals surface area contributed by atoms with Crippen LogP contribution in [-0.2, 0) is 9.47 Å². The van der Waals surface area contributed by atoms with E-state index < -0.39 is 12.6 Å². The molecule has 0 saturated carbocycles. The molecule has 1 aliphatic rings. The van der Waals surface area contributed by atoms with Gasteiger partial charge >= 0.3 is 7.12 Å². The van der Waals surface area contributed by atoms with Gasteiger partial charge in [-0.25, -0.2) is 0 Å². The SMILES string of the molecule is COC1=CCC(OC)(B(O)O)C=C1. The van der Waals surface area contributed by atoms with Gasteiger partial charge in [-0.2, -0.15) is 0 Å². The highest BCUT2D eigenvalue weighted by Gasteiger charge is 2.40. The van der Waals surface area contributed by atoms with Crippen molar-refractivity contribution < 1.29 is 19.5 Å². The first-order chi connectivity index (χ1) is 6.14. The number of hydrogen-bond acceptors (Lipinski definition) is 4. The third-order valence-electron chi connectivity index (χ3n) is 2.20. The molecular weight excluding hydrogens is 171 g/mol. The summed E-state index contributed by atoms with van der Waals surface area (Å²) < 4.78 is 10.0. The van der Waals surface area contributed by atoms with E-state index in [0.29, 0.717) is 12.2 Å². The van der Waals surface area contributed by atoms with E-state index in [1.54, 1.807) is 25.3 Å². The predicted molar refractivity (Wildman–Crippen MR) is 48.8 cm³/mol. The fourth-order valence-corrected chi connectivity index (χ4v) is 1.22. The second-order valence-corrected chi connectivity index (χ2v) is 2.88. The van der Waals surface area contributed by atoms with E-state index in [1.807, 2.05) is 0 Å². The van der Waals surface area contributed by atoms with Crippen LogP contribution in [0, 0.1) is 0 Å². The minimum absolute atomic E-state index is 0.390. The van der Waals surface area contributed by atoms with Gasteiger partial charge in [-0.3, -0.25) is 0 Å². The molecule has 1 atom stereocenters. The molecule has 0 aliphatic heterocycles. The van der Waals surface area contributed by atoms with Gasteiger partial charge in [0.1, 0.15) is 11.3 Å². The number of ether oxygens (including phenoxy) is 2. The van der Waals surface area contributed by atoms with E-state index >= 15 is 0 Å². The molecule has 5 heteroatoms. The maximum atomic E-state index is 9.10. The quantitative estimate of drug-likeness (QED) is 0.600. The van der Waals surface area contributed by atoms with Crippen molar-refractivity contribution in [3.8, 4) is 0 Å². The van der Waals surface area contributed by atoms with Crippen LogP contribution in [0.15, 0.2) is 24.0 Å². The molecule has 0 saturated heterocycles. The van der Waals surface area contributed by atoms with Crippen LogP contribution in [0.25, 0.3) is 0 Å². The first-order valence-electron chi connectivity index (χ1n) is 3.99. The van der Waals surface area contributed by atoms with Crippen molar-refractivity contribution in [3.63, 3.8) is 0 Å². The molecule has 0 bridgehead atoms. The lowest BCUT2D eigenvalue weighted by atomic mass is 9.64. The standard InChI is InChI=1S/C8H13BO4/c1-12-7-3-5-8(13-2,6-4-7)9(10)11/h3-5,10-11H,6H2,1-2H3. The molecule has 0 fully saturated rings. The maximum Gasteiger partial charge on any atom is 0.490 e. The first kappa shape index (κ1) is 10.3. The van der Waals surface area contributed by atoms with Crippen molar-refractivity contribution in [2.75, 3.05) is 14.2 Å². The highest BCUT2D eigenvalue weighted by molar-refractivity contribution is 6.46. The van der Waals surface area contributed by atoms with E-state index in [9.17, 15) is 0 Å². The number of rotatable bonds is 3. The minimum Gasteiger partial charge on any atom is -0.497 e. The van der Waals surface area contributed by atoms with Crippen LogP contribution in [0.3, 0.4) is 0 Å². The lowest BCUT2D eigenvalue weighted by molar-refractivity contribution is 0.0678. The second-order valence-electron chi connectivity index (χ2n) is 2.88. The van der Waals surface area contributed by atoms with Crippen molar-refractivity contribution in [2.24, 2.45) is 0 Å². The van der Waals surface area contributed by atoms with E-state index in [1.165, 1.54) is 7.11 Å². The number of allylic oxidation sites excluding steroid dienone is 1. The summed E-state index contributed by atoms with van der Waals surface area (Å²) in [6.45, 7) is 0. The fraction of sp³-hybridized carbons (Fsp3) is 0.500. The van der Waals surface area contributed by atoms with Crippen molar-refractivity contribution in [3.05, 3.63) is 24.0 Å². The Morgan fingerprint density at radius 3 is 2.46 bits per heavy atom. The maximum absolute atomic E-state index is 9.10. The number of methoxy groups -OCH3 is 2. The third-order valence-corrected chi connectivity index (χ3v) is 2.20. The summed E-state index contributed by atoms with van der Waals surface area (Å²) >= 11 is 0. The molecule has 72 valence electrons. The summed E-state index contributed by atoms with van der Waals surface area (Å²) in [6, 6.07) is 0. The van der Waals surface area contributed by atoms with Crippen LogP contribution in [0.4, 0.5) is 0 Å². The minimum atomic E-state index is -1.52. The lowest BCUT2D eigenvalue weighted by Gasteiger charge is -2.29. The average Bonchev–Trinajstić information content (AvgIpc) is 2.17. The Labute approximate surface area is 77.6 Å². The van der Waals surface area contributed by atoms with Crippen molar-refractivity contribution in [1.29, 1.82) is 0 Å². The normalized spacial score (nSPS) is 26.9. The van der Waals surface area contributed by atoms with E-state index in [4.69, 9.17) is 19.5 Å². The zero-order valence-electron chi connectivity index (χ0n) is 7.73. The van der Waals surface area contributed by atoms with Crippen molar-refractivity contribution in [2.45, 2.75) is 11.9 Å².